The molecule has 0 spiro atoms. The van der Waals surface area contributed by atoms with Gasteiger partial charge >= 0.3 is 0 Å². The lowest BCUT2D eigenvalue weighted by atomic mass is 9.94. The average Bonchev–Trinajstić information content (AvgIpc) is 2.84. The van der Waals surface area contributed by atoms with Gasteiger partial charge in [0.2, 0.25) is 0 Å². The zero-order chi connectivity index (χ0) is 13.4. The van der Waals surface area contributed by atoms with Crippen LogP contribution < -0.4 is 4.90 Å². The monoisotopic (exact) mass is 252 g/mol. The highest BCUT2D eigenvalue weighted by Crippen LogP contribution is 2.33. The van der Waals surface area contributed by atoms with Crippen LogP contribution in [0.15, 0.2) is 24.5 Å². The van der Waals surface area contributed by atoms with E-state index in [4.69, 9.17) is 0 Å². The molecule has 4 heteroatoms. The predicted octanol–water partition coefficient (Wildman–Crippen LogP) is 2.34. The first kappa shape index (κ1) is 11.8. The van der Waals surface area contributed by atoms with Gasteiger partial charge in [-0.2, -0.15) is 10.4 Å². The van der Waals surface area contributed by atoms with Gasteiger partial charge in [-0.3, -0.25) is 4.68 Å². The van der Waals surface area contributed by atoms with E-state index in [-0.39, 0.29) is 0 Å². The van der Waals surface area contributed by atoms with Gasteiger partial charge in [0.05, 0.1) is 17.8 Å². The molecule has 0 aliphatic carbocycles. The third-order valence-electron chi connectivity index (χ3n) is 3.71. The summed E-state index contributed by atoms with van der Waals surface area (Å²) in [6, 6.07) is 6.47. The Kier molecular flexibility index (Phi) is 2.75. The van der Waals surface area contributed by atoms with E-state index in [1.807, 2.05) is 25.5 Å². The van der Waals surface area contributed by atoms with Gasteiger partial charge in [-0.05, 0) is 30.5 Å². The molecule has 0 amide bonds. The highest BCUT2D eigenvalue weighted by Gasteiger charge is 2.18. The lowest BCUT2D eigenvalue weighted by molar-refractivity contribution is 0.744. The fourth-order valence-electron chi connectivity index (χ4n) is 2.71. The highest BCUT2D eigenvalue weighted by molar-refractivity contribution is 5.75. The summed E-state index contributed by atoms with van der Waals surface area (Å²) in [5.74, 6) is 0. The van der Waals surface area contributed by atoms with Crippen LogP contribution in [-0.4, -0.2) is 23.4 Å². The van der Waals surface area contributed by atoms with E-state index in [9.17, 15) is 5.26 Å². The lowest BCUT2D eigenvalue weighted by Gasteiger charge is -2.28. The van der Waals surface area contributed by atoms with Crippen LogP contribution in [0.1, 0.15) is 17.5 Å². The van der Waals surface area contributed by atoms with Crippen LogP contribution >= 0.6 is 0 Å². The van der Waals surface area contributed by atoms with Crippen LogP contribution in [0.4, 0.5) is 5.69 Å². The second-order valence-electron chi connectivity index (χ2n) is 5.07. The second-order valence-corrected chi connectivity index (χ2v) is 5.07. The number of hydrogen-bond donors (Lipinski definition) is 0. The molecule has 4 nitrogen and oxygen atoms in total. The maximum absolute atomic E-state index is 9.38. The van der Waals surface area contributed by atoms with Crippen LogP contribution in [-0.2, 0) is 13.5 Å². The maximum Gasteiger partial charge on any atom is 0.0998 e. The zero-order valence-corrected chi connectivity index (χ0v) is 11.2. The molecule has 96 valence electrons. The molecule has 1 aromatic heterocycles. The molecule has 0 fully saturated rings. The van der Waals surface area contributed by atoms with Crippen LogP contribution in [0.25, 0.3) is 11.1 Å². The molecule has 0 saturated carbocycles. The normalized spacial score (nSPS) is 14.1. The van der Waals surface area contributed by atoms with E-state index >= 15 is 0 Å². The standard InChI is InChI=1S/C15H16N4/c1-18-5-3-4-11-6-14(12(8-16)7-15(11)18)13-9-17-19(2)10-13/h6-7,9-10H,3-5H2,1-2H3. The first-order valence-corrected chi connectivity index (χ1v) is 6.46. The van der Waals surface area contributed by atoms with Crippen molar-refractivity contribution in [1.29, 1.82) is 5.26 Å². The predicted molar refractivity (Wildman–Crippen MR) is 75.0 cm³/mol. The van der Waals surface area contributed by atoms with Gasteiger partial charge in [0, 0.05) is 43.7 Å². The van der Waals surface area contributed by atoms with Crippen LogP contribution in [0.3, 0.4) is 0 Å². The Morgan fingerprint density at radius 1 is 1.32 bits per heavy atom. The summed E-state index contributed by atoms with van der Waals surface area (Å²) in [7, 11) is 3.98. The van der Waals surface area contributed by atoms with E-state index in [0.717, 1.165) is 29.7 Å². The van der Waals surface area contributed by atoms with E-state index in [1.54, 1.807) is 4.68 Å². The van der Waals surface area contributed by atoms with Crippen LogP contribution in [0.2, 0.25) is 0 Å². The van der Waals surface area contributed by atoms with Crippen molar-refractivity contribution in [2.45, 2.75) is 12.8 Å². The number of nitriles is 1. The van der Waals surface area contributed by atoms with Crippen molar-refractivity contribution < 1.29 is 0 Å². The maximum atomic E-state index is 9.38. The molecule has 3 rings (SSSR count). The molecule has 1 aliphatic heterocycles. The van der Waals surface area contributed by atoms with Crippen molar-refractivity contribution in [3.05, 3.63) is 35.7 Å². The molecule has 0 atom stereocenters. The van der Waals surface area contributed by atoms with Gasteiger partial charge in [0.15, 0.2) is 0 Å². The largest absolute Gasteiger partial charge is 0.374 e. The van der Waals surface area contributed by atoms with Crippen molar-refractivity contribution >= 4 is 5.69 Å². The second kappa shape index (κ2) is 4.43. The highest BCUT2D eigenvalue weighted by atomic mass is 15.2. The smallest absolute Gasteiger partial charge is 0.0998 e. The molecule has 2 heterocycles. The molecule has 0 N–H and O–H groups in total. The Bertz CT molecular complexity index is 663. The molecule has 1 aromatic carbocycles. The first-order chi connectivity index (χ1) is 9.19. The summed E-state index contributed by atoms with van der Waals surface area (Å²) in [5, 5.41) is 13.6. The SMILES string of the molecule is CN1CCCc2cc(-c3cnn(C)c3)c(C#N)cc21. The van der Waals surface area contributed by atoms with Crippen molar-refractivity contribution in [2.24, 2.45) is 7.05 Å². The number of hydrogen-bond acceptors (Lipinski definition) is 3. The summed E-state index contributed by atoms with van der Waals surface area (Å²) in [5.41, 5.74) is 5.24. The van der Waals surface area contributed by atoms with E-state index in [2.05, 4.69) is 29.2 Å². The van der Waals surface area contributed by atoms with Crippen molar-refractivity contribution in [2.75, 3.05) is 18.5 Å². The van der Waals surface area contributed by atoms with Gasteiger partial charge in [0.25, 0.3) is 0 Å². The van der Waals surface area contributed by atoms with Gasteiger partial charge < -0.3 is 4.90 Å². The number of nitrogens with zero attached hydrogens (tertiary/aromatic N) is 4. The van der Waals surface area contributed by atoms with Gasteiger partial charge in [-0.15, -0.1) is 0 Å². The summed E-state index contributed by atoms with van der Waals surface area (Å²) in [4.78, 5) is 2.23. The fraction of sp³-hybridized carbons (Fsp3) is 0.333. The van der Waals surface area contributed by atoms with E-state index in [1.165, 1.54) is 17.7 Å². The Balaban J connectivity index is 2.18. The van der Waals surface area contributed by atoms with Gasteiger partial charge in [0.1, 0.15) is 0 Å². The lowest BCUT2D eigenvalue weighted by Crippen LogP contribution is -2.24. The molecule has 0 unspecified atom stereocenters. The first-order valence-electron chi connectivity index (χ1n) is 6.46. The molecule has 19 heavy (non-hydrogen) atoms. The van der Waals surface area contributed by atoms with Crippen molar-refractivity contribution in [1.82, 2.24) is 9.78 Å². The number of aryl methyl sites for hydroxylation is 2. The van der Waals surface area contributed by atoms with E-state index < -0.39 is 0 Å². The minimum atomic E-state index is 0.723. The van der Waals surface area contributed by atoms with Crippen molar-refractivity contribution in [3.63, 3.8) is 0 Å². The molecular formula is C15H16N4. The Hall–Kier alpha value is -2.28. The van der Waals surface area contributed by atoms with Crippen LogP contribution in [0.5, 0.6) is 0 Å². The molecule has 2 aromatic rings. The van der Waals surface area contributed by atoms with Crippen molar-refractivity contribution in [3.8, 4) is 17.2 Å². The number of fused-ring (bicyclic) bond motifs is 1. The quantitative estimate of drug-likeness (QED) is 0.782. The summed E-state index contributed by atoms with van der Waals surface area (Å²) in [6.45, 7) is 1.06. The Morgan fingerprint density at radius 3 is 2.84 bits per heavy atom. The third kappa shape index (κ3) is 1.97. The summed E-state index contributed by atoms with van der Waals surface area (Å²) in [6.07, 6.45) is 6.02. The zero-order valence-electron chi connectivity index (χ0n) is 11.2. The molecule has 0 radical (unpaired) electrons. The minimum absolute atomic E-state index is 0.723. The molecule has 0 bridgehead atoms. The third-order valence-corrected chi connectivity index (χ3v) is 3.71. The Labute approximate surface area is 112 Å². The van der Waals surface area contributed by atoms with Gasteiger partial charge in [-0.1, -0.05) is 0 Å². The number of rotatable bonds is 1. The molecular weight excluding hydrogens is 236 g/mol. The summed E-state index contributed by atoms with van der Waals surface area (Å²) < 4.78 is 1.77. The molecule has 0 saturated heterocycles. The minimum Gasteiger partial charge on any atom is -0.374 e. The average molecular weight is 252 g/mol. The number of aromatic nitrogens is 2. The van der Waals surface area contributed by atoms with Gasteiger partial charge in [-0.25, -0.2) is 0 Å². The number of anilines is 1. The van der Waals surface area contributed by atoms with Crippen LogP contribution in [0, 0.1) is 11.3 Å². The Morgan fingerprint density at radius 2 is 2.16 bits per heavy atom. The topological polar surface area (TPSA) is 44.9 Å². The molecule has 1 aliphatic rings. The number of benzene rings is 1. The summed E-state index contributed by atoms with van der Waals surface area (Å²) >= 11 is 0. The fourth-order valence-corrected chi connectivity index (χ4v) is 2.71. The van der Waals surface area contributed by atoms with E-state index in [0.29, 0.717) is 0 Å².